The van der Waals surface area contributed by atoms with Gasteiger partial charge in [0.1, 0.15) is 11.0 Å². The van der Waals surface area contributed by atoms with E-state index in [1.807, 2.05) is 0 Å². The fourth-order valence-electron chi connectivity index (χ4n) is 1.66. The minimum absolute atomic E-state index is 0.0117. The first kappa shape index (κ1) is 15.2. The minimum atomic E-state index is -4.45. The Morgan fingerprint density at radius 3 is 2.67 bits per heavy atom. The van der Waals surface area contributed by atoms with Crippen molar-refractivity contribution in [1.29, 1.82) is 0 Å². The van der Waals surface area contributed by atoms with Crippen molar-refractivity contribution in [3.63, 3.8) is 0 Å². The summed E-state index contributed by atoms with van der Waals surface area (Å²) in [4.78, 5) is 18.2. The molecule has 2 heterocycles. The lowest BCUT2D eigenvalue weighted by Crippen LogP contribution is -2.12. The van der Waals surface area contributed by atoms with Gasteiger partial charge in [0.15, 0.2) is 6.29 Å². The third-order valence-electron chi connectivity index (χ3n) is 2.67. The maximum atomic E-state index is 12.8. The van der Waals surface area contributed by atoms with Gasteiger partial charge in [0.05, 0.1) is 11.1 Å². The van der Waals surface area contributed by atoms with Gasteiger partial charge >= 0.3 is 6.18 Å². The van der Waals surface area contributed by atoms with Crippen molar-refractivity contribution < 1.29 is 18.0 Å². The summed E-state index contributed by atoms with van der Waals surface area (Å²) in [5, 5.41) is 2.70. The summed E-state index contributed by atoms with van der Waals surface area (Å²) in [7, 11) is 0. The third kappa shape index (κ3) is 3.69. The standard InChI is InChI=1S/C13H9ClF3N3O/c14-12-8(7-21)1-2-11(20-12)19-6-9-5-18-4-3-10(9)13(15,16)17/h1-5,7H,6H2,(H,19,20). The second-order valence-corrected chi connectivity index (χ2v) is 4.44. The second-order valence-electron chi connectivity index (χ2n) is 4.08. The van der Waals surface area contributed by atoms with Gasteiger partial charge in [-0.2, -0.15) is 13.2 Å². The van der Waals surface area contributed by atoms with Crippen molar-refractivity contribution in [3.8, 4) is 0 Å². The van der Waals surface area contributed by atoms with Crippen LogP contribution in [0.1, 0.15) is 21.5 Å². The lowest BCUT2D eigenvalue weighted by Gasteiger charge is -2.13. The molecule has 0 aromatic carbocycles. The normalized spacial score (nSPS) is 11.2. The maximum Gasteiger partial charge on any atom is 0.416 e. The number of carbonyl (C=O) groups is 1. The Kier molecular flexibility index (Phi) is 4.42. The summed E-state index contributed by atoms with van der Waals surface area (Å²) < 4.78 is 38.4. The Morgan fingerprint density at radius 1 is 1.29 bits per heavy atom. The molecular formula is C13H9ClF3N3O. The molecular weight excluding hydrogens is 307 g/mol. The number of aldehydes is 1. The van der Waals surface area contributed by atoms with E-state index >= 15 is 0 Å². The molecule has 0 radical (unpaired) electrons. The first-order valence-electron chi connectivity index (χ1n) is 5.77. The van der Waals surface area contributed by atoms with Gasteiger partial charge in [0.25, 0.3) is 0 Å². The average molecular weight is 316 g/mol. The van der Waals surface area contributed by atoms with Gasteiger partial charge in [0, 0.05) is 24.5 Å². The zero-order valence-corrected chi connectivity index (χ0v) is 11.2. The van der Waals surface area contributed by atoms with Crippen LogP contribution in [0.5, 0.6) is 0 Å². The summed E-state index contributed by atoms with van der Waals surface area (Å²) >= 11 is 5.74. The van der Waals surface area contributed by atoms with E-state index < -0.39 is 11.7 Å². The van der Waals surface area contributed by atoms with Crippen LogP contribution in [0, 0.1) is 0 Å². The van der Waals surface area contributed by atoms with E-state index in [4.69, 9.17) is 11.6 Å². The van der Waals surface area contributed by atoms with Crippen LogP contribution < -0.4 is 5.32 Å². The molecule has 110 valence electrons. The van der Waals surface area contributed by atoms with Crippen LogP contribution in [-0.2, 0) is 12.7 Å². The van der Waals surface area contributed by atoms with E-state index in [-0.39, 0.29) is 28.6 Å². The van der Waals surface area contributed by atoms with E-state index in [9.17, 15) is 18.0 Å². The Hall–Kier alpha value is -2.15. The molecule has 2 aromatic rings. The van der Waals surface area contributed by atoms with Gasteiger partial charge in [-0.1, -0.05) is 11.6 Å². The summed E-state index contributed by atoms with van der Waals surface area (Å²) in [5.74, 6) is 0.266. The Morgan fingerprint density at radius 2 is 2.05 bits per heavy atom. The van der Waals surface area contributed by atoms with Crippen molar-refractivity contribution >= 4 is 23.7 Å². The summed E-state index contributed by atoms with van der Waals surface area (Å²) in [6.07, 6.45) is -1.69. The Bertz CT molecular complexity index is 661. The highest BCUT2D eigenvalue weighted by molar-refractivity contribution is 6.31. The SMILES string of the molecule is O=Cc1ccc(NCc2cnccc2C(F)(F)F)nc1Cl. The van der Waals surface area contributed by atoms with Gasteiger partial charge in [-0.3, -0.25) is 9.78 Å². The summed E-state index contributed by atoms with van der Waals surface area (Å²) in [6, 6.07) is 3.80. The topological polar surface area (TPSA) is 54.9 Å². The molecule has 0 saturated heterocycles. The van der Waals surface area contributed by atoms with E-state index in [0.29, 0.717) is 6.29 Å². The largest absolute Gasteiger partial charge is 0.416 e. The average Bonchev–Trinajstić information content (AvgIpc) is 2.44. The van der Waals surface area contributed by atoms with Crippen LogP contribution in [0.15, 0.2) is 30.6 Å². The number of nitrogens with zero attached hydrogens (tertiary/aromatic N) is 2. The van der Waals surface area contributed by atoms with Crippen molar-refractivity contribution in [2.75, 3.05) is 5.32 Å². The Labute approximate surface area is 123 Å². The zero-order valence-electron chi connectivity index (χ0n) is 10.5. The predicted molar refractivity (Wildman–Crippen MR) is 71.2 cm³/mol. The number of rotatable bonds is 4. The monoisotopic (exact) mass is 315 g/mol. The lowest BCUT2D eigenvalue weighted by molar-refractivity contribution is -0.138. The minimum Gasteiger partial charge on any atom is -0.366 e. The van der Waals surface area contributed by atoms with Gasteiger partial charge in [-0.15, -0.1) is 0 Å². The number of hydrogen-bond acceptors (Lipinski definition) is 4. The highest BCUT2D eigenvalue weighted by Crippen LogP contribution is 2.31. The molecule has 0 unspecified atom stereocenters. The van der Waals surface area contributed by atoms with Gasteiger partial charge in [0.2, 0.25) is 0 Å². The highest BCUT2D eigenvalue weighted by Gasteiger charge is 2.33. The molecule has 0 saturated carbocycles. The molecule has 4 nitrogen and oxygen atoms in total. The number of aromatic nitrogens is 2. The first-order chi connectivity index (χ1) is 9.91. The van der Waals surface area contributed by atoms with Crippen LogP contribution in [0.25, 0.3) is 0 Å². The number of alkyl halides is 3. The molecule has 2 rings (SSSR count). The molecule has 1 N–H and O–H groups in total. The highest BCUT2D eigenvalue weighted by atomic mass is 35.5. The van der Waals surface area contributed by atoms with Crippen molar-refractivity contribution in [1.82, 2.24) is 9.97 Å². The zero-order chi connectivity index (χ0) is 15.5. The van der Waals surface area contributed by atoms with Crippen LogP contribution in [0.3, 0.4) is 0 Å². The number of halogens is 4. The van der Waals surface area contributed by atoms with Crippen molar-refractivity contribution in [3.05, 3.63) is 52.4 Å². The van der Waals surface area contributed by atoms with Crippen LogP contribution >= 0.6 is 11.6 Å². The number of hydrogen-bond donors (Lipinski definition) is 1. The fourth-order valence-corrected chi connectivity index (χ4v) is 1.86. The molecule has 0 amide bonds. The Balaban J connectivity index is 2.17. The smallest absolute Gasteiger partial charge is 0.366 e. The van der Waals surface area contributed by atoms with E-state index in [0.717, 1.165) is 18.5 Å². The molecule has 8 heteroatoms. The molecule has 2 aromatic heterocycles. The molecule has 0 aliphatic carbocycles. The quantitative estimate of drug-likeness (QED) is 0.692. The number of pyridine rings is 2. The molecule has 0 fully saturated rings. The van der Waals surface area contributed by atoms with Gasteiger partial charge < -0.3 is 5.32 Å². The van der Waals surface area contributed by atoms with E-state index in [1.165, 1.54) is 12.1 Å². The molecule has 0 bridgehead atoms. The van der Waals surface area contributed by atoms with E-state index in [2.05, 4.69) is 15.3 Å². The van der Waals surface area contributed by atoms with Crippen molar-refractivity contribution in [2.24, 2.45) is 0 Å². The summed E-state index contributed by atoms with van der Waals surface area (Å²) in [5.41, 5.74) is -0.567. The van der Waals surface area contributed by atoms with Crippen LogP contribution in [-0.4, -0.2) is 16.3 Å². The van der Waals surface area contributed by atoms with Crippen molar-refractivity contribution in [2.45, 2.75) is 12.7 Å². The number of carbonyl (C=O) groups excluding carboxylic acids is 1. The molecule has 0 spiro atoms. The summed E-state index contributed by atoms with van der Waals surface area (Å²) in [6.45, 7) is -0.119. The lowest BCUT2D eigenvalue weighted by atomic mass is 10.1. The van der Waals surface area contributed by atoms with Crippen LogP contribution in [0.4, 0.5) is 19.0 Å². The molecule has 0 atom stereocenters. The predicted octanol–water partition coefficient (Wildman–Crippen LogP) is 3.57. The second kappa shape index (κ2) is 6.09. The van der Waals surface area contributed by atoms with Gasteiger partial charge in [-0.25, -0.2) is 4.98 Å². The number of anilines is 1. The van der Waals surface area contributed by atoms with E-state index in [1.54, 1.807) is 0 Å². The maximum absolute atomic E-state index is 12.8. The molecule has 0 aliphatic heterocycles. The van der Waals surface area contributed by atoms with Gasteiger partial charge in [-0.05, 0) is 18.2 Å². The molecule has 21 heavy (non-hydrogen) atoms. The van der Waals surface area contributed by atoms with Crippen LogP contribution in [0.2, 0.25) is 5.15 Å². The first-order valence-corrected chi connectivity index (χ1v) is 6.15. The fraction of sp³-hybridized carbons (Fsp3) is 0.154. The third-order valence-corrected chi connectivity index (χ3v) is 2.98. The molecule has 0 aliphatic rings. The number of nitrogens with one attached hydrogen (secondary N) is 1.